The van der Waals surface area contributed by atoms with Crippen LogP contribution in [-0.2, 0) is 6.54 Å². The number of methoxy groups -OCH3 is 1. The summed E-state index contributed by atoms with van der Waals surface area (Å²) < 4.78 is 5.22. The number of hydrogen-bond donors (Lipinski definition) is 1. The Bertz CT molecular complexity index is 637. The Labute approximate surface area is 153 Å². The van der Waals surface area contributed by atoms with Gasteiger partial charge >= 0.3 is 0 Å². The SMILES string of the molecule is COc1cccc(CN(C)CC(O)c2ccc(Cl)c(Cl)c2)c1.Cl. The van der Waals surface area contributed by atoms with E-state index < -0.39 is 6.10 Å². The Morgan fingerprint density at radius 2 is 1.87 bits per heavy atom. The molecule has 1 N–H and O–H groups in total. The first-order valence-electron chi connectivity index (χ1n) is 6.94. The Morgan fingerprint density at radius 1 is 1.13 bits per heavy atom. The molecule has 0 radical (unpaired) electrons. The first-order valence-corrected chi connectivity index (χ1v) is 7.69. The van der Waals surface area contributed by atoms with Crippen molar-refractivity contribution in [3.05, 3.63) is 63.6 Å². The molecule has 1 atom stereocenters. The van der Waals surface area contributed by atoms with E-state index in [4.69, 9.17) is 27.9 Å². The zero-order valence-electron chi connectivity index (χ0n) is 13.0. The summed E-state index contributed by atoms with van der Waals surface area (Å²) in [6.07, 6.45) is -0.620. The highest BCUT2D eigenvalue weighted by Crippen LogP contribution is 2.26. The van der Waals surface area contributed by atoms with Gasteiger partial charge in [-0.15, -0.1) is 12.4 Å². The highest BCUT2D eigenvalue weighted by Gasteiger charge is 2.12. The summed E-state index contributed by atoms with van der Waals surface area (Å²) in [5.74, 6) is 0.830. The molecule has 23 heavy (non-hydrogen) atoms. The third kappa shape index (κ3) is 5.87. The molecule has 0 heterocycles. The van der Waals surface area contributed by atoms with Crippen molar-refractivity contribution in [2.45, 2.75) is 12.6 Å². The minimum atomic E-state index is -0.620. The van der Waals surface area contributed by atoms with E-state index >= 15 is 0 Å². The van der Waals surface area contributed by atoms with E-state index in [0.29, 0.717) is 16.6 Å². The van der Waals surface area contributed by atoms with E-state index in [1.165, 1.54) is 0 Å². The van der Waals surface area contributed by atoms with Crippen LogP contribution in [0.5, 0.6) is 5.75 Å². The highest BCUT2D eigenvalue weighted by molar-refractivity contribution is 6.42. The molecule has 0 aliphatic heterocycles. The number of rotatable bonds is 6. The first kappa shape index (κ1) is 20.1. The normalized spacial score (nSPS) is 11.9. The zero-order chi connectivity index (χ0) is 16.1. The maximum Gasteiger partial charge on any atom is 0.119 e. The minimum Gasteiger partial charge on any atom is -0.497 e. The number of aliphatic hydroxyl groups excluding tert-OH is 1. The van der Waals surface area contributed by atoms with Crippen LogP contribution in [0, 0.1) is 0 Å². The molecule has 2 aromatic carbocycles. The van der Waals surface area contributed by atoms with Crippen LogP contribution in [0.1, 0.15) is 17.2 Å². The van der Waals surface area contributed by atoms with E-state index in [9.17, 15) is 5.11 Å². The van der Waals surface area contributed by atoms with Gasteiger partial charge in [0.05, 0.1) is 23.3 Å². The van der Waals surface area contributed by atoms with E-state index in [-0.39, 0.29) is 12.4 Å². The largest absolute Gasteiger partial charge is 0.497 e. The third-order valence-electron chi connectivity index (χ3n) is 3.40. The maximum absolute atomic E-state index is 10.3. The molecule has 0 aliphatic carbocycles. The van der Waals surface area contributed by atoms with Gasteiger partial charge in [0.1, 0.15) is 5.75 Å². The lowest BCUT2D eigenvalue weighted by atomic mass is 10.1. The molecule has 0 spiro atoms. The quantitative estimate of drug-likeness (QED) is 0.800. The molecule has 2 rings (SSSR count). The monoisotopic (exact) mass is 375 g/mol. The predicted octanol–water partition coefficient (Wildman–Crippen LogP) is 4.59. The first-order chi connectivity index (χ1) is 10.5. The van der Waals surface area contributed by atoms with Crippen LogP contribution < -0.4 is 4.74 Å². The van der Waals surface area contributed by atoms with Crippen LogP contribution in [-0.4, -0.2) is 30.7 Å². The zero-order valence-corrected chi connectivity index (χ0v) is 15.3. The second-order valence-electron chi connectivity index (χ2n) is 5.24. The molecule has 2 aromatic rings. The molecule has 0 saturated heterocycles. The molecular formula is C17H20Cl3NO2. The van der Waals surface area contributed by atoms with E-state index in [1.54, 1.807) is 25.3 Å². The van der Waals surface area contributed by atoms with Gasteiger partial charge < -0.3 is 9.84 Å². The lowest BCUT2D eigenvalue weighted by molar-refractivity contribution is 0.124. The van der Waals surface area contributed by atoms with Crippen molar-refractivity contribution in [1.29, 1.82) is 0 Å². The number of nitrogens with zero attached hydrogens (tertiary/aromatic N) is 1. The fourth-order valence-corrected chi connectivity index (χ4v) is 2.57. The molecule has 0 saturated carbocycles. The molecule has 0 aliphatic rings. The lowest BCUT2D eigenvalue weighted by Gasteiger charge is -2.21. The standard InChI is InChI=1S/C17H19Cl2NO2.ClH/c1-20(10-12-4-3-5-14(8-12)22-2)11-17(21)13-6-7-15(18)16(19)9-13;/h3-9,17,21H,10-11H2,1-2H3;1H. The maximum atomic E-state index is 10.3. The molecule has 0 bridgehead atoms. The van der Waals surface area contributed by atoms with Crippen molar-refractivity contribution in [3.63, 3.8) is 0 Å². The van der Waals surface area contributed by atoms with Crippen LogP contribution in [0.25, 0.3) is 0 Å². The van der Waals surface area contributed by atoms with E-state index in [2.05, 4.69) is 0 Å². The van der Waals surface area contributed by atoms with Crippen LogP contribution in [0.4, 0.5) is 0 Å². The van der Waals surface area contributed by atoms with Crippen molar-refractivity contribution < 1.29 is 9.84 Å². The summed E-state index contributed by atoms with van der Waals surface area (Å²) in [6.45, 7) is 1.21. The van der Waals surface area contributed by atoms with Crippen molar-refractivity contribution in [1.82, 2.24) is 4.90 Å². The minimum absolute atomic E-state index is 0. The molecule has 0 fully saturated rings. The molecule has 3 nitrogen and oxygen atoms in total. The Balaban J connectivity index is 0.00000264. The van der Waals surface area contributed by atoms with Gasteiger partial charge in [0, 0.05) is 13.1 Å². The number of benzene rings is 2. The van der Waals surface area contributed by atoms with Gasteiger partial charge in [-0.05, 0) is 42.4 Å². The molecule has 126 valence electrons. The highest BCUT2D eigenvalue weighted by atomic mass is 35.5. The van der Waals surface area contributed by atoms with E-state index in [0.717, 1.165) is 23.4 Å². The summed E-state index contributed by atoms with van der Waals surface area (Å²) in [4.78, 5) is 2.04. The molecule has 6 heteroatoms. The van der Waals surface area contributed by atoms with Crippen molar-refractivity contribution in [2.75, 3.05) is 20.7 Å². The van der Waals surface area contributed by atoms with Gasteiger partial charge in [-0.1, -0.05) is 41.4 Å². The molecular weight excluding hydrogens is 357 g/mol. The summed E-state index contributed by atoms with van der Waals surface area (Å²) >= 11 is 11.9. The molecule has 0 amide bonds. The van der Waals surface area contributed by atoms with Crippen LogP contribution in [0.3, 0.4) is 0 Å². The summed E-state index contributed by atoms with van der Waals surface area (Å²) in [5.41, 5.74) is 1.88. The number of hydrogen-bond acceptors (Lipinski definition) is 3. The summed E-state index contributed by atoms with van der Waals surface area (Å²) in [5, 5.41) is 11.3. The number of likely N-dealkylation sites (N-methyl/N-ethyl adjacent to an activating group) is 1. The fourth-order valence-electron chi connectivity index (χ4n) is 2.27. The van der Waals surface area contributed by atoms with Gasteiger partial charge in [0.2, 0.25) is 0 Å². The van der Waals surface area contributed by atoms with Gasteiger partial charge in [-0.2, -0.15) is 0 Å². The third-order valence-corrected chi connectivity index (χ3v) is 4.14. The fraction of sp³-hybridized carbons (Fsp3) is 0.294. The number of aliphatic hydroxyl groups is 1. The Hall–Kier alpha value is -0.970. The van der Waals surface area contributed by atoms with Gasteiger partial charge in [-0.25, -0.2) is 0 Å². The molecule has 0 aromatic heterocycles. The summed E-state index contributed by atoms with van der Waals surface area (Å²) in [7, 11) is 3.61. The lowest BCUT2D eigenvalue weighted by Crippen LogP contribution is -2.24. The van der Waals surface area contributed by atoms with E-state index in [1.807, 2.05) is 36.2 Å². The number of halogens is 3. The van der Waals surface area contributed by atoms with Gasteiger partial charge in [0.25, 0.3) is 0 Å². The Kier molecular flexibility index (Phi) is 8.17. The van der Waals surface area contributed by atoms with Crippen molar-refractivity contribution in [2.24, 2.45) is 0 Å². The average Bonchev–Trinajstić information content (AvgIpc) is 2.50. The van der Waals surface area contributed by atoms with Crippen LogP contribution in [0.15, 0.2) is 42.5 Å². The summed E-state index contributed by atoms with van der Waals surface area (Å²) in [6, 6.07) is 13.1. The van der Waals surface area contributed by atoms with Gasteiger partial charge in [-0.3, -0.25) is 4.90 Å². The smallest absolute Gasteiger partial charge is 0.119 e. The second kappa shape index (κ2) is 9.36. The topological polar surface area (TPSA) is 32.7 Å². The van der Waals surface area contributed by atoms with Crippen LogP contribution >= 0.6 is 35.6 Å². The Morgan fingerprint density at radius 3 is 2.52 bits per heavy atom. The van der Waals surface area contributed by atoms with Crippen molar-refractivity contribution >= 4 is 35.6 Å². The molecule has 1 unspecified atom stereocenters. The van der Waals surface area contributed by atoms with Gasteiger partial charge in [0.15, 0.2) is 0 Å². The van der Waals surface area contributed by atoms with Crippen LogP contribution in [0.2, 0.25) is 10.0 Å². The van der Waals surface area contributed by atoms with Crippen molar-refractivity contribution in [3.8, 4) is 5.75 Å². The predicted molar refractivity (Wildman–Crippen MR) is 98.0 cm³/mol. The number of ether oxygens (including phenoxy) is 1. The average molecular weight is 377 g/mol. The second-order valence-corrected chi connectivity index (χ2v) is 6.05.